The predicted octanol–water partition coefficient (Wildman–Crippen LogP) is 2.95. The first-order valence-corrected chi connectivity index (χ1v) is 8.16. The average Bonchev–Trinajstić information content (AvgIpc) is 2.48. The second-order valence-electron chi connectivity index (χ2n) is 6.59. The number of nitrogens with one attached hydrogen (secondary N) is 1. The molecule has 3 unspecified atom stereocenters. The Kier molecular flexibility index (Phi) is 6.07. The Bertz CT molecular complexity index is 418. The Labute approximate surface area is 129 Å². The van der Waals surface area contributed by atoms with E-state index >= 15 is 0 Å². The summed E-state index contributed by atoms with van der Waals surface area (Å²) in [6, 6.07) is 9.68. The van der Waals surface area contributed by atoms with Crippen LogP contribution in [0.2, 0.25) is 0 Å². The molecule has 3 heteroatoms. The summed E-state index contributed by atoms with van der Waals surface area (Å²) < 4.78 is 5.20. The van der Waals surface area contributed by atoms with Gasteiger partial charge in [0.15, 0.2) is 0 Å². The van der Waals surface area contributed by atoms with Crippen LogP contribution in [0.5, 0.6) is 5.75 Å². The van der Waals surface area contributed by atoms with Gasteiger partial charge >= 0.3 is 0 Å². The molecule has 3 atom stereocenters. The normalized spacial score (nSPS) is 24.8. The van der Waals surface area contributed by atoms with Crippen molar-refractivity contribution in [2.24, 2.45) is 5.92 Å². The Morgan fingerprint density at radius 2 is 2.05 bits per heavy atom. The van der Waals surface area contributed by atoms with Crippen molar-refractivity contribution in [3.63, 3.8) is 0 Å². The molecule has 0 bridgehead atoms. The average molecular weight is 290 g/mol. The first-order chi connectivity index (χ1) is 10.1. The van der Waals surface area contributed by atoms with Crippen molar-refractivity contribution >= 4 is 0 Å². The fourth-order valence-electron chi connectivity index (χ4n) is 3.23. The Balaban J connectivity index is 1.75. The van der Waals surface area contributed by atoms with Gasteiger partial charge in [0.2, 0.25) is 0 Å². The summed E-state index contributed by atoms with van der Waals surface area (Å²) in [5, 5.41) is 3.83. The largest absolute Gasteiger partial charge is 0.497 e. The number of ether oxygens (including phenoxy) is 1. The highest BCUT2D eigenvalue weighted by Gasteiger charge is 2.24. The topological polar surface area (TPSA) is 24.5 Å². The Morgan fingerprint density at radius 1 is 1.33 bits per heavy atom. The van der Waals surface area contributed by atoms with Gasteiger partial charge in [0.25, 0.3) is 0 Å². The molecule has 3 nitrogen and oxygen atoms in total. The molecule has 1 aromatic rings. The van der Waals surface area contributed by atoms with Crippen LogP contribution in [0.15, 0.2) is 24.3 Å². The van der Waals surface area contributed by atoms with Crippen LogP contribution in [0.1, 0.15) is 32.3 Å². The molecular weight excluding hydrogens is 260 g/mol. The Hall–Kier alpha value is -1.06. The van der Waals surface area contributed by atoms with Crippen molar-refractivity contribution in [2.75, 3.05) is 27.2 Å². The zero-order chi connectivity index (χ0) is 15.2. The monoisotopic (exact) mass is 290 g/mol. The number of nitrogens with zero attached hydrogens (tertiary/aromatic N) is 1. The minimum atomic E-state index is 0.572. The van der Waals surface area contributed by atoms with Gasteiger partial charge in [-0.15, -0.1) is 0 Å². The minimum Gasteiger partial charge on any atom is -0.497 e. The molecule has 0 spiro atoms. The highest BCUT2D eigenvalue weighted by atomic mass is 16.5. The third kappa shape index (κ3) is 5.01. The van der Waals surface area contributed by atoms with Crippen molar-refractivity contribution in [1.29, 1.82) is 0 Å². The molecule has 0 aromatic heterocycles. The van der Waals surface area contributed by atoms with E-state index in [1.807, 2.05) is 12.1 Å². The van der Waals surface area contributed by atoms with Crippen LogP contribution in [0.4, 0.5) is 0 Å². The van der Waals surface area contributed by atoms with Gasteiger partial charge in [0.1, 0.15) is 5.75 Å². The molecule has 1 aromatic carbocycles. The van der Waals surface area contributed by atoms with Gasteiger partial charge in [0, 0.05) is 18.6 Å². The molecule has 0 aliphatic carbocycles. The zero-order valence-corrected chi connectivity index (χ0v) is 13.9. The lowest BCUT2D eigenvalue weighted by atomic mass is 9.93. The molecule has 118 valence electrons. The van der Waals surface area contributed by atoms with E-state index < -0.39 is 0 Å². The van der Waals surface area contributed by atoms with Crippen LogP contribution >= 0.6 is 0 Å². The van der Waals surface area contributed by atoms with Crippen LogP contribution in [0.3, 0.4) is 0 Å². The fraction of sp³-hybridized carbons (Fsp3) is 0.667. The van der Waals surface area contributed by atoms with Crippen molar-refractivity contribution < 1.29 is 4.74 Å². The van der Waals surface area contributed by atoms with Gasteiger partial charge in [-0.2, -0.15) is 0 Å². The maximum atomic E-state index is 5.20. The quantitative estimate of drug-likeness (QED) is 0.872. The maximum absolute atomic E-state index is 5.20. The summed E-state index contributed by atoms with van der Waals surface area (Å²) in [4.78, 5) is 2.44. The van der Waals surface area contributed by atoms with Crippen molar-refractivity contribution in [2.45, 2.75) is 45.2 Å². The number of likely N-dealkylation sites (tertiary alicyclic amines) is 1. The highest BCUT2D eigenvalue weighted by molar-refractivity contribution is 5.27. The third-order valence-corrected chi connectivity index (χ3v) is 4.63. The standard InChI is InChI=1S/C18H30N2O/c1-14-13-20(3)12-11-18(14)19-15(2)5-6-16-7-9-17(21-4)10-8-16/h7-10,14-15,18-19H,5-6,11-13H2,1-4H3. The second kappa shape index (κ2) is 7.81. The fourth-order valence-corrected chi connectivity index (χ4v) is 3.23. The lowest BCUT2D eigenvalue weighted by Crippen LogP contribution is -2.49. The number of methoxy groups -OCH3 is 1. The molecule has 1 heterocycles. The van der Waals surface area contributed by atoms with Crippen molar-refractivity contribution in [3.05, 3.63) is 29.8 Å². The summed E-state index contributed by atoms with van der Waals surface area (Å²) in [7, 11) is 3.93. The SMILES string of the molecule is COc1ccc(CCC(C)NC2CCN(C)CC2C)cc1. The number of aryl methyl sites for hydroxylation is 1. The number of rotatable bonds is 6. The van der Waals surface area contributed by atoms with Crippen molar-refractivity contribution in [1.82, 2.24) is 10.2 Å². The molecule has 21 heavy (non-hydrogen) atoms. The van der Waals surface area contributed by atoms with Gasteiger partial charge in [0.05, 0.1) is 7.11 Å². The zero-order valence-electron chi connectivity index (χ0n) is 13.9. The van der Waals surface area contributed by atoms with E-state index in [1.165, 1.54) is 31.5 Å². The number of piperidine rings is 1. The molecule has 1 aliphatic heterocycles. The molecule has 1 N–H and O–H groups in total. The summed E-state index contributed by atoms with van der Waals surface area (Å²) in [6.07, 6.45) is 3.58. The van der Waals surface area contributed by atoms with Crippen LogP contribution in [0.25, 0.3) is 0 Å². The van der Waals surface area contributed by atoms with E-state index in [4.69, 9.17) is 4.74 Å². The van der Waals surface area contributed by atoms with Gasteiger partial charge < -0.3 is 15.0 Å². The summed E-state index contributed by atoms with van der Waals surface area (Å²) in [5.74, 6) is 1.68. The summed E-state index contributed by atoms with van der Waals surface area (Å²) in [5.41, 5.74) is 1.39. The molecule has 1 aliphatic rings. The lowest BCUT2D eigenvalue weighted by molar-refractivity contribution is 0.166. The molecule has 1 fully saturated rings. The predicted molar refractivity (Wildman–Crippen MR) is 89.0 cm³/mol. The molecule has 1 saturated heterocycles. The first-order valence-electron chi connectivity index (χ1n) is 8.16. The summed E-state index contributed by atoms with van der Waals surface area (Å²) >= 11 is 0. The first kappa shape index (κ1) is 16.3. The Morgan fingerprint density at radius 3 is 2.67 bits per heavy atom. The third-order valence-electron chi connectivity index (χ3n) is 4.63. The molecular formula is C18H30N2O. The second-order valence-corrected chi connectivity index (χ2v) is 6.59. The molecule has 2 rings (SSSR count). The van der Waals surface area contributed by atoms with E-state index in [-0.39, 0.29) is 0 Å². The van der Waals surface area contributed by atoms with Gasteiger partial charge in [-0.25, -0.2) is 0 Å². The molecule has 0 radical (unpaired) electrons. The van der Waals surface area contributed by atoms with E-state index in [9.17, 15) is 0 Å². The number of benzene rings is 1. The van der Waals surface area contributed by atoms with Gasteiger partial charge in [-0.05, 0) is 63.4 Å². The molecule has 0 amide bonds. The van der Waals surface area contributed by atoms with E-state index in [0.29, 0.717) is 12.1 Å². The number of hydrogen-bond donors (Lipinski definition) is 1. The van der Waals surface area contributed by atoms with Crippen LogP contribution in [-0.2, 0) is 6.42 Å². The van der Waals surface area contributed by atoms with E-state index in [2.05, 4.69) is 43.2 Å². The molecule has 0 saturated carbocycles. The maximum Gasteiger partial charge on any atom is 0.118 e. The van der Waals surface area contributed by atoms with Crippen LogP contribution in [0, 0.1) is 5.92 Å². The van der Waals surface area contributed by atoms with Gasteiger partial charge in [-0.1, -0.05) is 19.1 Å². The van der Waals surface area contributed by atoms with Crippen LogP contribution < -0.4 is 10.1 Å². The van der Waals surface area contributed by atoms with E-state index in [1.54, 1.807) is 7.11 Å². The van der Waals surface area contributed by atoms with Crippen molar-refractivity contribution in [3.8, 4) is 5.75 Å². The van der Waals surface area contributed by atoms with Crippen LogP contribution in [-0.4, -0.2) is 44.2 Å². The minimum absolute atomic E-state index is 0.572. The highest BCUT2D eigenvalue weighted by Crippen LogP contribution is 2.17. The smallest absolute Gasteiger partial charge is 0.118 e. The van der Waals surface area contributed by atoms with E-state index in [0.717, 1.165) is 18.1 Å². The summed E-state index contributed by atoms with van der Waals surface area (Å²) in [6.45, 7) is 7.11. The lowest BCUT2D eigenvalue weighted by Gasteiger charge is -2.37. The number of hydrogen-bond acceptors (Lipinski definition) is 3. The van der Waals surface area contributed by atoms with Gasteiger partial charge in [-0.3, -0.25) is 0 Å².